The average molecular weight is 215 g/mol. The van der Waals surface area contributed by atoms with Crippen molar-refractivity contribution >= 4 is 45.3 Å². The number of carbonyl (C=O) groups excluding carboxylic acids is 2. The molecule has 1 aliphatic rings. The molecule has 1 saturated carbocycles. The first-order chi connectivity index (χ1) is 4.99. The van der Waals surface area contributed by atoms with E-state index in [2.05, 4.69) is 0 Å². The number of carbonyl (C=O) groups is 2. The quantitative estimate of drug-likeness (QED) is 0.401. The summed E-state index contributed by atoms with van der Waals surface area (Å²) in [6, 6.07) is 0. The van der Waals surface area contributed by atoms with Gasteiger partial charge < -0.3 is 0 Å². The van der Waals surface area contributed by atoms with Crippen molar-refractivity contribution < 1.29 is 9.59 Å². The van der Waals surface area contributed by atoms with Crippen LogP contribution >= 0.6 is 34.8 Å². The number of hydrogen-bond donors (Lipinski definition) is 0. The van der Waals surface area contributed by atoms with Crippen LogP contribution < -0.4 is 0 Å². The summed E-state index contributed by atoms with van der Waals surface area (Å²) >= 11 is 16.0. The molecule has 0 unspecified atom stereocenters. The van der Waals surface area contributed by atoms with Gasteiger partial charge in [-0.2, -0.15) is 0 Å². The minimum absolute atomic E-state index is 0.152. The van der Waals surface area contributed by atoms with Crippen molar-refractivity contribution in [2.75, 3.05) is 0 Å². The lowest BCUT2D eigenvalue weighted by molar-refractivity contribution is -0.136. The zero-order chi connectivity index (χ0) is 8.65. The molecular formula is C6H5Cl3O2. The molecular weight excluding hydrogens is 210 g/mol. The molecule has 0 radical (unpaired) electrons. The predicted molar refractivity (Wildman–Crippen MR) is 43.0 cm³/mol. The van der Waals surface area contributed by atoms with E-state index in [0.717, 1.165) is 0 Å². The van der Waals surface area contributed by atoms with Crippen LogP contribution in [-0.2, 0) is 9.59 Å². The normalized spacial score (nSPS) is 22.5. The molecule has 1 rings (SSSR count). The molecule has 0 atom stereocenters. The Morgan fingerprint density at radius 2 is 1.55 bits per heavy atom. The van der Waals surface area contributed by atoms with E-state index in [-0.39, 0.29) is 18.2 Å². The Kier molecular flexibility index (Phi) is 2.47. The summed E-state index contributed by atoms with van der Waals surface area (Å²) in [4.78, 5) is 21.5. The fourth-order valence-electron chi connectivity index (χ4n) is 1.09. The summed E-state index contributed by atoms with van der Waals surface area (Å²) in [5, 5.41) is -1.55. The highest BCUT2D eigenvalue weighted by atomic mass is 35.5. The molecule has 0 N–H and O–H groups in total. The van der Waals surface area contributed by atoms with Crippen molar-refractivity contribution in [1.82, 2.24) is 0 Å². The lowest BCUT2D eigenvalue weighted by Gasteiger charge is -2.38. The van der Waals surface area contributed by atoms with Gasteiger partial charge in [0.25, 0.3) is 0 Å². The molecule has 5 heteroatoms. The minimum atomic E-state index is -1.18. The van der Waals surface area contributed by atoms with E-state index in [1.165, 1.54) is 0 Å². The van der Waals surface area contributed by atoms with Crippen molar-refractivity contribution in [1.29, 1.82) is 0 Å². The summed E-state index contributed by atoms with van der Waals surface area (Å²) in [7, 11) is 0. The van der Waals surface area contributed by atoms with Gasteiger partial charge in [-0.3, -0.25) is 9.59 Å². The first kappa shape index (κ1) is 9.30. The second-order valence-electron chi connectivity index (χ2n) is 2.64. The van der Waals surface area contributed by atoms with Crippen molar-refractivity contribution in [2.24, 2.45) is 5.41 Å². The molecule has 0 bridgehead atoms. The molecule has 0 aromatic carbocycles. The van der Waals surface area contributed by atoms with Gasteiger partial charge >= 0.3 is 0 Å². The molecule has 0 spiro atoms. The smallest absolute Gasteiger partial charge is 0.236 e. The van der Waals surface area contributed by atoms with Crippen LogP contribution in [0, 0.1) is 5.41 Å². The van der Waals surface area contributed by atoms with E-state index >= 15 is 0 Å². The number of hydrogen-bond acceptors (Lipinski definition) is 2. The first-order valence-electron chi connectivity index (χ1n) is 3.03. The van der Waals surface area contributed by atoms with E-state index in [9.17, 15) is 9.59 Å². The van der Waals surface area contributed by atoms with Crippen LogP contribution in [0.25, 0.3) is 0 Å². The second kappa shape index (κ2) is 2.92. The van der Waals surface area contributed by atoms with Gasteiger partial charge in [0.2, 0.25) is 10.5 Å². The topological polar surface area (TPSA) is 34.1 Å². The lowest BCUT2D eigenvalue weighted by atomic mass is 9.70. The molecule has 0 saturated heterocycles. The summed E-state index contributed by atoms with van der Waals surface area (Å²) in [6.45, 7) is 0. The highest BCUT2D eigenvalue weighted by Crippen LogP contribution is 2.47. The number of rotatable bonds is 2. The SMILES string of the molecule is O=C(Cl)C1(C(=O)Cl)CC(Cl)C1. The van der Waals surface area contributed by atoms with Crippen molar-refractivity contribution in [3.05, 3.63) is 0 Å². The average Bonchev–Trinajstić information content (AvgIpc) is 1.78. The summed E-state index contributed by atoms with van der Waals surface area (Å²) in [6.07, 6.45) is 0.526. The van der Waals surface area contributed by atoms with Crippen LogP contribution in [0.5, 0.6) is 0 Å². The standard InChI is InChI=1S/C6H5Cl3O2/c7-3-1-6(2-3,4(8)10)5(9)11/h3H,1-2H2. The van der Waals surface area contributed by atoms with Crippen molar-refractivity contribution in [2.45, 2.75) is 18.2 Å². The molecule has 0 aliphatic heterocycles. The Bertz CT molecular complexity index is 192. The highest BCUT2D eigenvalue weighted by molar-refractivity contribution is 6.74. The van der Waals surface area contributed by atoms with E-state index in [1.807, 2.05) is 0 Å². The van der Waals surface area contributed by atoms with Crippen LogP contribution in [0.15, 0.2) is 0 Å². The third kappa shape index (κ3) is 1.40. The number of halogens is 3. The summed E-state index contributed by atoms with van der Waals surface area (Å²) in [5.41, 5.74) is -1.18. The van der Waals surface area contributed by atoms with Gasteiger partial charge in [-0.15, -0.1) is 11.6 Å². The molecule has 1 fully saturated rings. The third-order valence-corrected chi connectivity index (χ3v) is 2.92. The zero-order valence-corrected chi connectivity index (χ0v) is 7.71. The lowest BCUT2D eigenvalue weighted by Crippen LogP contribution is -2.47. The maximum atomic E-state index is 10.7. The molecule has 11 heavy (non-hydrogen) atoms. The highest BCUT2D eigenvalue weighted by Gasteiger charge is 2.53. The van der Waals surface area contributed by atoms with Crippen LogP contribution in [0.1, 0.15) is 12.8 Å². The van der Waals surface area contributed by atoms with Crippen molar-refractivity contribution in [3.63, 3.8) is 0 Å². The Morgan fingerprint density at radius 1 is 1.18 bits per heavy atom. The van der Waals surface area contributed by atoms with E-state index in [4.69, 9.17) is 34.8 Å². The van der Waals surface area contributed by atoms with E-state index < -0.39 is 15.9 Å². The molecule has 62 valence electrons. The largest absolute Gasteiger partial charge is 0.280 e. The molecule has 0 heterocycles. The van der Waals surface area contributed by atoms with Crippen molar-refractivity contribution in [3.8, 4) is 0 Å². The molecule has 0 amide bonds. The molecule has 2 nitrogen and oxygen atoms in total. The number of alkyl halides is 1. The Hall–Kier alpha value is 0.210. The monoisotopic (exact) mass is 214 g/mol. The third-order valence-electron chi connectivity index (χ3n) is 1.89. The van der Waals surface area contributed by atoms with Gasteiger partial charge in [0.15, 0.2) is 0 Å². The van der Waals surface area contributed by atoms with Gasteiger partial charge in [0.05, 0.1) is 0 Å². The fourth-order valence-corrected chi connectivity index (χ4v) is 2.15. The van der Waals surface area contributed by atoms with Gasteiger partial charge in [0.1, 0.15) is 5.41 Å². The Labute approximate surface area is 78.8 Å². The van der Waals surface area contributed by atoms with Crippen LogP contribution in [-0.4, -0.2) is 15.9 Å². The Balaban J connectivity index is 2.77. The summed E-state index contributed by atoms with van der Waals surface area (Å²) in [5.74, 6) is 0. The van der Waals surface area contributed by atoms with Gasteiger partial charge in [-0.05, 0) is 36.0 Å². The molecule has 1 aliphatic carbocycles. The first-order valence-corrected chi connectivity index (χ1v) is 4.22. The van der Waals surface area contributed by atoms with Gasteiger partial charge in [0, 0.05) is 5.38 Å². The minimum Gasteiger partial charge on any atom is -0.280 e. The maximum absolute atomic E-state index is 10.7. The van der Waals surface area contributed by atoms with E-state index in [1.54, 1.807) is 0 Å². The second-order valence-corrected chi connectivity index (χ2v) is 3.94. The molecule has 0 aromatic heterocycles. The van der Waals surface area contributed by atoms with E-state index in [0.29, 0.717) is 0 Å². The molecule has 0 aromatic rings. The Morgan fingerprint density at radius 3 is 1.64 bits per heavy atom. The van der Waals surface area contributed by atoms with Gasteiger partial charge in [-0.25, -0.2) is 0 Å². The van der Waals surface area contributed by atoms with Crippen LogP contribution in [0.2, 0.25) is 0 Å². The van der Waals surface area contributed by atoms with Crippen LogP contribution in [0.4, 0.5) is 0 Å². The van der Waals surface area contributed by atoms with Gasteiger partial charge in [-0.1, -0.05) is 0 Å². The summed E-state index contributed by atoms with van der Waals surface area (Å²) < 4.78 is 0. The predicted octanol–water partition coefficient (Wildman–Crippen LogP) is 1.90. The zero-order valence-electron chi connectivity index (χ0n) is 5.44. The van der Waals surface area contributed by atoms with Crippen LogP contribution in [0.3, 0.4) is 0 Å². The maximum Gasteiger partial charge on any atom is 0.236 e. The fraction of sp³-hybridized carbons (Fsp3) is 0.667.